The van der Waals surface area contributed by atoms with Gasteiger partial charge in [0.2, 0.25) is 11.8 Å². The number of benzene rings is 2. The molecule has 0 aromatic heterocycles. The van der Waals surface area contributed by atoms with Gasteiger partial charge in [-0.3, -0.25) is 24.6 Å². The van der Waals surface area contributed by atoms with Crippen LogP contribution in [0.4, 0.5) is 11.4 Å². The minimum absolute atomic E-state index is 0.0613. The molecule has 1 unspecified atom stereocenters. The maximum atomic E-state index is 12.3. The van der Waals surface area contributed by atoms with E-state index in [4.69, 9.17) is 5.73 Å². The monoisotopic (exact) mass is 396 g/mol. The molecule has 2 amide bonds. The molecule has 1 heterocycles. The molecule has 3 rings (SSSR count). The predicted molar refractivity (Wildman–Crippen MR) is 109 cm³/mol. The van der Waals surface area contributed by atoms with Gasteiger partial charge in [0, 0.05) is 30.4 Å². The summed E-state index contributed by atoms with van der Waals surface area (Å²) in [5.41, 5.74) is 7.45. The lowest BCUT2D eigenvalue weighted by atomic mass is 9.97. The maximum Gasteiger partial charge on any atom is 0.273 e. The Morgan fingerprint density at radius 1 is 1.17 bits per heavy atom. The highest BCUT2D eigenvalue weighted by molar-refractivity contribution is 5.92. The third-order valence-corrected chi connectivity index (χ3v) is 5.09. The fourth-order valence-electron chi connectivity index (χ4n) is 3.60. The number of rotatable bonds is 7. The summed E-state index contributed by atoms with van der Waals surface area (Å²) in [5.74, 6) is -0.650. The summed E-state index contributed by atoms with van der Waals surface area (Å²) >= 11 is 0. The summed E-state index contributed by atoms with van der Waals surface area (Å²) in [5, 5.41) is 13.8. The lowest BCUT2D eigenvalue weighted by Crippen LogP contribution is -2.40. The molecule has 1 aliphatic heterocycles. The number of primary amides is 1. The predicted octanol–water partition coefficient (Wildman–Crippen LogP) is 2.47. The van der Waals surface area contributed by atoms with Crippen LogP contribution >= 0.6 is 0 Å². The van der Waals surface area contributed by atoms with Gasteiger partial charge in [-0.15, -0.1) is 0 Å². The van der Waals surface area contributed by atoms with E-state index in [2.05, 4.69) is 10.2 Å². The van der Waals surface area contributed by atoms with Gasteiger partial charge in [0.05, 0.1) is 17.3 Å². The summed E-state index contributed by atoms with van der Waals surface area (Å²) in [4.78, 5) is 36.5. The van der Waals surface area contributed by atoms with Gasteiger partial charge in [0.25, 0.3) is 5.69 Å². The molecule has 0 spiro atoms. The number of hydrogen-bond acceptors (Lipinski definition) is 5. The Morgan fingerprint density at radius 2 is 1.90 bits per heavy atom. The van der Waals surface area contributed by atoms with Crippen LogP contribution in [0.5, 0.6) is 0 Å². The van der Waals surface area contributed by atoms with Crippen molar-refractivity contribution in [2.24, 2.45) is 11.7 Å². The third-order valence-electron chi connectivity index (χ3n) is 5.09. The van der Waals surface area contributed by atoms with E-state index in [1.54, 1.807) is 18.2 Å². The van der Waals surface area contributed by atoms with Crippen molar-refractivity contribution in [3.8, 4) is 0 Å². The number of nitrogens with two attached hydrogens (primary N) is 1. The van der Waals surface area contributed by atoms with Crippen LogP contribution in [-0.4, -0.2) is 34.7 Å². The minimum atomic E-state index is -0.485. The summed E-state index contributed by atoms with van der Waals surface area (Å²) in [6.07, 6.45) is 1.73. The van der Waals surface area contributed by atoms with Crippen LogP contribution in [-0.2, 0) is 22.6 Å². The van der Waals surface area contributed by atoms with E-state index in [9.17, 15) is 19.7 Å². The topological polar surface area (TPSA) is 119 Å². The zero-order valence-corrected chi connectivity index (χ0v) is 16.0. The molecule has 3 N–H and O–H groups in total. The number of hydrogen-bond donors (Lipinski definition) is 2. The van der Waals surface area contributed by atoms with Crippen molar-refractivity contribution < 1.29 is 14.5 Å². The van der Waals surface area contributed by atoms with Gasteiger partial charge in [-0.25, -0.2) is 0 Å². The number of likely N-dealkylation sites (tertiary alicyclic amines) is 1. The van der Waals surface area contributed by atoms with Crippen molar-refractivity contribution in [2.75, 3.05) is 18.4 Å². The van der Waals surface area contributed by atoms with Gasteiger partial charge in [-0.05, 0) is 37.1 Å². The van der Waals surface area contributed by atoms with Gasteiger partial charge in [0.1, 0.15) is 0 Å². The fraction of sp³-hybridized carbons (Fsp3) is 0.333. The zero-order valence-electron chi connectivity index (χ0n) is 16.0. The van der Waals surface area contributed by atoms with Gasteiger partial charge in [-0.2, -0.15) is 0 Å². The van der Waals surface area contributed by atoms with Gasteiger partial charge in [-0.1, -0.05) is 30.3 Å². The molecule has 2 aromatic carbocycles. The Morgan fingerprint density at radius 3 is 2.59 bits per heavy atom. The molecule has 0 aliphatic carbocycles. The second-order valence-electron chi connectivity index (χ2n) is 7.28. The van der Waals surface area contributed by atoms with Crippen LogP contribution in [0.3, 0.4) is 0 Å². The lowest BCUT2D eigenvalue weighted by molar-refractivity contribution is -0.385. The van der Waals surface area contributed by atoms with Crippen molar-refractivity contribution in [2.45, 2.75) is 25.8 Å². The van der Waals surface area contributed by atoms with E-state index in [0.717, 1.165) is 24.9 Å². The van der Waals surface area contributed by atoms with Crippen LogP contribution < -0.4 is 11.1 Å². The van der Waals surface area contributed by atoms with Gasteiger partial charge in [0.15, 0.2) is 0 Å². The Hall–Kier alpha value is -3.26. The van der Waals surface area contributed by atoms with Crippen LogP contribution in [0.1, 0.15) is 24.0 Å². The molecule has 152 valence electrons. The molecule has 2 aromatic rings. The van der Waals surface area contributed by atoms with Crippen LogP contribution in [0.25, 0.3) is 0 Å². The number of carbonyl (C=O) groups excluding carboxylic acids is 2. The van der Waals surface area contributed by atoms with E-state index in [1.165, 1.54) is 6.07 Å². The van der Waals surface area contributed by atoms with E-state index in [0.29, 0.717) is 24.3 Å². The molecular weight excluding hydrogens is 372 g/mol. The number of para-hydroxylation sites is 1. The molecule has 1 saturated heterocycles. The van der Waals surface area contributed by atoms with Crippen molar-refractivity contribution >= 4 is 23.2 Å². The molecule has 1 atom stereocenters. The first-order valence-electron chi connectivity index (χ1n) is 9.55. The Balaban J connectivity index is 1.56. The number of anilines is 1. The molecule has 29 heavy (non-hydrogen) atoms. The molecule has 8 nitrogen and oxygen atoms in total. The molecule has 1 aliphatic rings. The SMILES string of the molecule is NC(=O)C1CCCN(Cc2ccc(NC(=O)Cc3ccccc3[N+](=O)[O-])cc2)C1. The Labute approximate surface area is 168 Å². The number of carbonyl (C=O) groups is 2. The van der Waals surface area contributed by atoms with Gasteiger partial charge < -0.3 is 11.1 Å². The highest BCUT2D eigenvalue weighted by atomic mass is 16.6. The molecule has 8 heteroatoms. The van der Waals surface area contributed by atoms with Crippen molar-refractivity contribution in [3.05, 3.63) is 69.8 Å². The number of nitro groups is 1. The van der Waals surface area contributed by atoms with Gasteiger partial charge >= 0.3 is 0 Å². The standard InChI is InChI=1S/C21H24N4O4/c22-21(27)17-5-3-11-24(14-17)13-15-7-9-18(10-8-15)23-20(26)12-16-4-1-2-6-19(16)25(28)29/h1-2,4,6-10,17H,3,5,11-14H2,(H2,22,27)(H,23,26). The summed E-state index contributed by atoms with van der Waals surface area (Å²) in [6.45, 7) is 2.32. The van der Waals surface area contributed by atoms with Crippen molar-refractivity contribution in [1.29, 1.82) is 0 Å². The third kappa shape index (κ3) is 5.61. The first-order chi connectivity index (χ1) is 13.9. The molecule has 0 radical (unpaired) electrons. The summed E-state index contributed by atoms with van der Waals surface area (Å²) in [7, 11) is 0. The largest absolute Gasteiger partial charge is 0.369 e. The maximum absolute atomic E-state index is 12.3. The van der Waals surface area contributed by atoms with Crippen LogP contribution in [0.15, 0.2) is 48.5 Å². The average molecular weight is 396 g/mol. The number of piperidine rings is 1. The Bertz CT molecular complexity index is 898. The summed E-state index contributed by atoms with van der Waals surface area (Å²) < 4.78 is 0. The average Bonchev–Trinajstić information content (AvgIpc) is 2.70. The van der Waals surface area contributed by atoms with E-state index >= 15 is 0 Å². The van der Waals surface area contributed by atoms with Crippen LogP contribution in [0.2, 0.25) is 0 Å². The number of amides is 2. The normalized spacial score (nSPS) is 16.9. The fourth-order valence-corrected chi connectivity index (χ4v) is 3.60. The molecule has 0 saturated carbocycles. The van der Waals surface area contributed by atoms with E-state index in [-0.39, 0.29) is 29.8 Å². The number of nitrogens with zero attached hydrogens (tertiary/aromatic N) is 2. The second-order valence-corrected chi connectivity index (χ2v) is 7.28. The second kappa shape index (κ2) is 9.29. The number of nitro benzene ring substituents is 1. The molecule has 1 fully saturated rings. The molecular formula is C21H24N4O4. The van der Waals surface area contributed by atoms with Crippen LogP contribution in [0, 0.1) is 16.0 Å². The minimum Gasteiger partial charge on any atom is -0.369 e. The highest BCUT2D eigenvalue weighted by Crippen LogP contribution is 2.21. The number of nitrogens with one attached hydrogen (secondary N) is 1. The first-order valence-corrected chi connectivity index (χ1v) is 9.55. The quantitative estimate of drug-likeness (QED) is 0.550. The van der Waals surface area contributed by atoms with E-state index in [1.807, 2.05) is 24.3 Å². The van der Waals surface area contributed by atoms with Crippen molar-refractivity contribution in [1.82, 2.24) is 4.90 Å². The molecule has 0 bridgehead atoms. The van der Waals surface area contributed by atoms with Crippen molar-refractivity contribution in [3.63, 3.8) is 0 Å². The highest BCUT2D eigenvalue weighted by Gasteiger charge is 2.23. The first kappa shape index (κ1) is 20.5. The smallest absolute Gasteiger partial charge is 0.273 e. The lowest BCUT2D eigenvalue weighted by Gasteiger charge is -2.31. The zero-order chi connectivity index (χ0) is 20.8. The Kier molecular flexibility index (Phi) is 6.56. The summed E-state index contributed by atoms with van der Waals surface area (Å²) in [6, 6.07) is 13.7. The van der Waals surface area contributed by atoms with E-state index < -0.39 is 4.92 Å².